The van der Waals surface area contributed by atoms with Crippen molar-refractivity contribution in [2.24, 2.45) is 0 Å². The summed E-state index contributed by atoms with van der Waals surface area (Å²) >= 11 is 0. The van der Waals surface area contributed by atoms with E-state index in [4.69, 9.17) is 0 Å². The predicted molar refractivity (Wildman–Crippen MR) is 97.8 cm³/mol. The quantitative estimate of drug-likeness (QED) is 0.660. The van der Waals surface area contributed by atoms with Crippen LogP contribution in [0.3, 0.4) is 0 Å². The number of fused-ring (bicyclic) bond motifs is 3. The second-order valence-corrected chi connectivity index (χ2v) is 8.63. The molecule has 0 unspecified atom stereocenters. The van der Waals surface area contributed by atoms with E-state index < -0.39 is 10.0 Å². The molecule has 2 aromatic carbocycles. The topological polar surface area (TPSA) is 56.1 Å². The van der Waals surface area contributed by atoms with Crippen molar-refractivity contribution in [2.45, 2.75) is 37.0 Å². The van der Waals surface area contributed by atoms with Crippen LogP contribution in [0.25, 0.3) is 10.9 Å². The summed E-state index contributed by atoms with van der Waals surface area (Å²) in [7, 11) is -3.68. The van der Waals surface area contributed by atoms with Crippen molar-refractivity contribution >= 4 is 27.2 Å². The number of carbonyl (C=O) groups is 1. The van der Waals surface area contributed by atoms with Gasteiger partial charge in [0, 0.05) is 17.1 Å². The third-order valence-corrected chi connectivity index (χ3v) is 6.86. The number of benzene rings is 2. The van der Waals surface area contributed by atoms with Gasteiger partial charge in [-0.2, -0.15) is 0 Å². The van der Waals surface area contributed by atoms with Crippen molar-refractivity contribution in [1.29, 1.82) is 0 Å². The summed E-state index contributed by atoms with van der Waals surface area (Å²) in [5.41, 5.74) is 3.38. The van der Waals surface area contributed by atoms with Crippen molar-refractivity contribution in [3.63, 3.8) is 0 Å². The molecule has 1 heterocycles. The van der Waals surface area contributed by atoms with Gasteiger partial charge in [0.15, 0.2) is 0 Å². The van der Waals surface area contributed by atoms with Gasteiger partial charge in [-0.05, 0) is 53.6 Å². The highest BCUT2D eigenvalue weighted by Gasteiger charge is 2.32. The molecule has 5 heteroatoms. The van der Waals surface area contributed by atoms with E-state index in [1.54, 1.807) is 42.6 Å². The molecule has 4 nitrogen and oxygen atoms in total. The minimum absolute atomic E-state index is 0.215. The van der Waals surface area contributed by atoms with E-state index in [1.807, 2.05) is 6.07 Å². The second kappa shape index (κ2) is 5.56. The molecule has 0 spiro atoms. The highest BCUT2D eigenvalue weighted by molar-refractivity contribution is 7.90. The number of hydrogen-bond acceptors (Lipinski definition) is 3. The van der Waals surface area contributed by atoms with E-state index in [0.717, 1.165) is 29.2 Å². The Bertz CT molecular complexity index is 1080. The normalized spacial score (nSPS) is 19.9. The molecular formula is C20H19NO3S. The Morgan fingerprint density at radius 1 is 1.04 bits per heavy atom. The summed E-state index contributed by atoms with van der Waals surface area (Å²) in [6.07, 6.45) is 3.40. The first-order valence-corrected chi connectivity index (χ1v) is 9.82. The molecule has 0 amide bonds. The zero-order valence-corrected chi connectivity index (χ0v) is 15.0. The molecule has 25 heavy (non-hydrogen) atoms. The molecule has 1 aliphatic rings. The average molecular weight is 353 g/mol. The van der Waals surface area contributed by atoms with Crippen molar-refractivity contribution in [1.82, 2.24) is 3.97 Å². The Kier molecular flexibility index (Phi) is 3.58. The zero-order chi connectivity index (χ0) is 17.8. The lowest BCUT2D eigenvalue weighted by Crippen LogP contribution is -2.13. The Balaban J connectivity index is 2.08. The number of nitrogens with zero attached hydrogens (tertiary/aromatic N) is 1. The third kappa shape index (κ3) is 2.26. The predicted octanol–water partition coefficient (Wildman–Crippen LogP) is 4.30. The lowest BCUT2D eigenvalue weighted by atomic mass is 9.95. The molecule has 0 aliphatic heterocycles. The van der Waals surface area contributed by atoms with Crippen LogP contribution in [0.4, 0.5) is 0 Å². The number of hydrogen-bond donors (Lipinski definition) is 0. The van der Waals surface area contributed by atoms with Gasteiger partial charge in [-0.3, -0.25) is 4.79 Å². The third-order valence-electron chi connectivity index (χ3n) is 5.17. The first-order valence-electron chi connectivity index (χ1n) is 8.38. The second-order valence-electron chi connectivity index (χ2n) is 6.82. The molecule has 3 aromatic rings. The lowest BCUT2D eigenvalue weighted by molar-refractivity contribution is 0.112. The van der Waals surface area contributed by atoms with Crippen LogP contribution < -0.4 is 0 Å². The Hall–Kier alpha value is -2.40. The van der Waals surface area contributed by atoms with Gasteiger partial charge in [0.25, 0.3) is 10.0 Å². The van der Waals surface area contributed by atoms with Gasteiger partial charge in [0.05, 0.1) is 10.4 Å². The average Bonchev–Trinajstić information content (AvgIpc) is 3.16. The van der Waals surface area contributed by atoms with Crippen molar-refractivity contribution in [2.75, 3.05) is 0 Å². The van der Waals surface area contributed by atoms with Crippen LogP contribution in [0.1, 0.15) is 53.6 Å². The number of aldehydes is 1. The SMILES string of the molecule is C[C@@H]1C[C@@H](C)c2c1c(C=O)cc1ccn(S(=O)(=O)c3ccccc3)c21. The molecule has 0 bridgehead atoms. The van der Waals surface area contributed by atoms with Crippen LogP contribution in [-0.4, -0.2) is 18.7 Å². The van der Waals surface area contributed by atoms with Crippen LogP contribution in [-0.2, 0) is 10.0 Å². The first kappa shape index (κ1) is 16.1. The highest BCUT2D eigenvalue weighted by Crippen LogP contribution is 2.46. The molecule has 2 atom stereocenters. The molecule has 0 saturated carbocycles. The van der Waals surface area contributed by atoms with Gasteiger partial charge < -0.3 is 0 Å². The maximum atomic E-state index is 13.1. The number of rotatable bonds is 3. The maximum absolute atomic E-state index is 13.1. The molecule has 1 aromatic heterocycles. The van der Waals surface area contributed by atoms with Crippen molar-refractivity contribution in [3.8, 4) is 0 Å². The number of carbonyl (C=O) groups excluding carboxylic acids is 1. The molecule has 0 N–H and O–H groups in total. The van der Waals surface area contributed by atoms with E-state index in [2.05, 4.69) is 13.8 Å². The Morgan fingerprint density at radius 3 is 2.40 bits per heavy atom. The van der Waals surface area contributed by atoms with Gasteiger partial charge >= 0.3 is 0 Å². The van der Waals surface area contributed by atoms with E-state index in [1.165, 1.54) is 3.97 Å². The fourth-order valence-electron chi connectivity index (χ4n) is 4.17. The van der Waals surface area contributed by atoms with E-state index >= 15 is 0 Å². The first-order chi connectivity index (χ1) is 11.9. The number of aromatic nitrogens is 1. The van der Waals surface area contributed by atoms with Gasteiger partial charge in [-0.25, -0.2) is 12.4 Å². The van der Waals surface area contributed by atoms with E-state index in [-0.39, 0.29) is 16.7 Å². The van der Waals surface area contributed by atoms with Gasteiger partial charge in [-0.1, -0.05) is 32.0 Å². The largest absolute Gasteiger partial charge is 0.298 e. The smallest absolute Gasteiger partial charge is 0.268 e. The summed E-state index contributed by atoms with van der Waals surface area (Å²) in [6.45, 7) is 4.20. The fraction of sp³-hybridized carbons (Fsp3) is 0.250. The summed E-state index contributed by atoms with van der Waals surface area (Å²) in [5, 5.41) is 0.793. The molecular weight excluding hydrogens is 334 g/mol. The molecule has 0 fully saturated rings. The van der Waals surface area contributed by atoms with Crippen molar-refractivity contribution < 1.29 is 13.2 Å². The molecule has 0 radical (unpaired) electrons. The highest BCUT2D eigenvalue weighted by atomic mass is 32.2. The van der Waals surface area contributed by atoms with Gasteiger partial charge in [0.1, 0.15) is 6.29 Å². The minimum atomic E-state index is -3.68. The van der Waals surface area contributed by atoms with Gasteiger partial charge in [0.2, 0.25) is 0 Å². The minimum Gasteiger partial charge on any atom is -0.298 e. The zero-order valence-electron chi connectivity index (χ0n) is 14.1. The fourth-order valence-corrected chi connectivity index (χ4v) is 5.56. The Morgan fingerprint density at radius 2 is 1.72 bits per heavy atom. The monoisotopic (exact) mass is 353 g/mol. The Labute approximate surface area is 147 Å². The van der Waals surface area contributed by atoms with Crippen LogP contribution in [0, 0.1) is 0 Å². The molecule has 128 valence electrons. The van der Waals surface area contributed by atoms with Crippen LogP contribution in [0.5, 0.6) is 0 Å². The van der Waals surface area contributed by atoms with E-state index in [0.29, 0.717) is 11.1 Å². The summed E-state index contributed by atoms with van der Waals surface area (Å²) < 4.78 is 27.7. The summed E-state index contributed by atoms with van der Waals surface area (Å²) in [5.74, 6) is 0.462. The van der Waals surface area contributed by atoms with Crippen LogP contribution >= 0.6 is 0 Å². The standard InChI is InChI=1S/C20H19NO3S/c1-13-10-14(2)19-18(13)16(12-22)11-15-8-9-21(20(15)19)25(23,24)17-6-4-3-5-7-17/h3-9,11-14H,10H2,1-2H3/t13-,14-/m1/s1. The molecule has 4 rings (SSSR count). The van der Waals surface area contributed by atoms with Crippen LogP contribution in [0.15, 0.2) is 53.6 Å². The lowest BCUT2D eigenvalue weighted by Gasteiger charge is -2.14. The van der Waals surface area contributed by atoms with Crippen molar-refractivity contribution in [3.05, 3.63) is 65.4 Å². The molecule has 1 aliphatic carbocycles. The summed E-state index contributed by atoms with van der Waals surface area (Å²) in [6, 6.07) is 12.0. The van der Waals surface area contributed by atoms with Gasteiger partial charge in [-0.15, -0.1) is 0 Å². The van der Waals surface area contributed by atoms with E-state index in [9.17, 15) is 13.2 Å². The molecule has 0 saturated heterocycles. The van der Waals surface area contributed by atoms with Crippen LogP contribution in [0.2, 0.25) is 0 Å². The maximum Gasteiger partial charge on any atom is 0.268 e. The summed E-state index contributed by atoms with van der Waals surface area (Å²) in [4.78, 5) is 11.8.